The van der Waals surface area contributed by atoms with Gasteiger partial charge >= 0.3 is 29.6 Å². The molecule has 1 aromatic heterocycles. The summed E-state index contributed by atoms with van der Waals surface area (Å²) in [5.41, 5.74) is 0.483. The average Bonchev–Trinajstić information content (AvgIpc) is 2.55. The predicted octanol–water partition coefficient (Wildman–Crippen LogP) is -4.82. The van der Waals surface area contributed by atoms with E-state index in [1.165, 1.54) is 0 Å². The number of carbonyl (C=O) groups excluding carboxylic acids is 1. The molecule has 24 heavy (non-hydrogen) atoms. The number of nitrogens with zero attached hydrogens (tertiary/aromatic N) is 1. The monoisotopic (exact) mass is 343 g/mol. The number of benzene rings is 1. The summed E-state index contributed by atoms with van der Waals surface area (Å²) in [7, 11) is 0. The van der Waals surface area contributed by atoms with Crippen molar-refractivity contribution >= 4 is 16.9 Å². The van der Waals surface area contributed by atoms with Crippen LogP contribution in [0.4, 0.5) is 0 Å². The van der Waals surface area contributed by atoms with Gasteiger partial charge in [0.25, 0.3) is 0 Å². The third kappa shape index (κ3) is 3.55. The van der Waals surface area contributed by atoms with Crippen LogP contribution in [0.25, 0.3) is 10.9 Å². The summed E-state index contributed by atoms with van der Waals surface area (Å²) in [6.07, 6.45) is -6.97. The van der Waals surface area contributed by atoms with E-state index in [4.69, 9.17) is 9.47 Å². The quantitative estimate of drug-likeness (QED) is 0.473. The van der Waals surface area contributed by atoms with Crippen molar-refractivity contribution in [1.29, 1.82) is 0 Å². The average molecular weight is 343 g/mol. The zero-order valence-electron chi connectivity index (χ0n) is 12.8. The van der Waals surface area contributed by atoms with Crippen molar-refractivity contribution in [3.8, 4) is 5.75 Å². The molecule has 1 aliphatic heterocycles. The second-order valence-corrected chi connectivity index (χ2v) is 5.17. The van der Waals surface area contributed by atoms with E-state index in [0.717, 1.165) is 5.39 Å². The van der Waals surface area contributed by atoms with Crippen LogP contribution in [0, 0.1) is 0 Å². The zero-order chi connectivity index (χ0) is 16.6. The van der Waals surface area contributed by atoms with Crippen molar-refractivity contribution in [3.63, 3.8) is 0 Å². The Balaban J connectivity index is 0.00000208. The Labute approximate surface area is 158 Å². The Morgan fingerprint density at radius 3 is 2.54 bits per heavy atom. The number of pyridine rings is 1. The van der Waals surface area contributed by atoms with Gasteiger partial charge in [-0.2, -0.15) is 0 Å². The van der Waals surface area contributed by atoms with Crippen molar-refractivity contribution in [2.24, 2.45) is 0 Å². The van der Waals surface area contributed by atoms with Crippen LogP contribution in [0.15, 0.2) is 36.5 Å². The van der Waals surface area contributed by atoms with Crippen LogP contribution in [-0.2, 0) is 9.53 Å². The second kappa shape index (κ2) is 7.75. The summed E-state index contributed by atoms with van der Waals surface area (Å²) in [6, 6.07) is 8.60. The number of hydrogen-bond donors (Lipinski definition) is 3. The Hall–Kier alpha value is -1.26. The van der Waals surface area contributed by atoms with Gasteiger partial charge in [-0.05, 0) is 12.1 Å². The van der Waals surface area contributed by atoms with Gasteiger partial charge in [0.1, 0.15) is 35.7 Å². The molecule has 122 valence electrons. The molecule has 5 unspecified atom stereocenters. The number of aliphatic hydroxyl groups excluding tert-OH is 3. The predicted molar refractivity (Wildman–Crippen MR) is 74.1 cm³/mol. The SMILES string of the molecule is O=C([O-])C1OC(Oc2cccc3cccnc23)C(O)C(O)C1O.[Na+]. The first kappa shape index (κ1) is 19.1. The minimum atomic E-state index is -1.82. The minimum Gasteiger partial charge on any atom is -0.547 e. The number of rotatable bonds is 3. The van der Waals surface area contributed by atoms with Gasteiger partial charge in [-0.3, -0.25) is 4.98 Å². The Kier molecular flexibility index (Phi) is 6.16. The first-order valence-electron chi connectivity index (χ1n) is 6.90. The Morgan fingerprint density at radius 2 is 1.83 bits per heavy atom. The van der Waals surface area contributed by atoms with E-state index in [1.807, 2.05) is 0 Å². The summed E-state index contributed by atoms with van der Waals surface area (Å²) < 4.78 is 10.5. The van der Waals surface area contributed by atoms with E-state index in [1.54, 1.807) is 36.5 Å². The molecule has 1 fully saturated rings. The number of para-hydroxylation sites is 1. The molecule has 8 nitrogen and oxygen atoms in total. The zero-order valence-corrected chi connectivity index (χ0v) is 14.8. The van der Waals surface area contributed by atoms with Crippen LogP contribution < -0.4 is 39.4 Å². The van der Waals surface area contributed by atoms with Gasteiger partial charge in [0.15, 0.2) is 0 Å². The molecule has 9 heteroatoms. The van der Waals surface area contributed by atoms with Crippen LogP contribution >= 0.6 is 0 Å². The van der Waals surface area contributed by atoms with Crippen LogP contribution in [-0.4, -0.2) is 57.0 Å². The molecule has 0 radical (unpaired) electrons. The smallest absolute Gasteiger partial charge is 0.547 e. The van der Waals surface area contributed by atoms with Gasteiger partial charge in [-0.15, -0.1) is 0 Å². The Bertz CT molecular complexity index is 723. The molecule has 5 atom stereocenters. The number of aromatic nitrogens is 1. The maximum Gasteiger partial charge on any atom is 1.00 e. The summed E-state index contributed by atoms with van der Waals surface area (Å²) >= 11 is 0. The number of aliphatic hydroxyl groups is 3. The molecule has 1 aliphatic rings. The van der Waals surface area contributed by atoms with Crippen LogP contribution in [0.2, 0.25) is 0 Å². The van der Waals surface area contributed by atoms with Crippen molar-refractivity contribution in [1.82, 2.24) is 4.98 Å². The number of carboxylic acid groups (broad SMARTS) is 1. The van der Waals surface area contributed by atoms with Crippen molar-refractivity contribution in [2.75, 3.05) is 0 Å². The van der Waals surface area contributed by atoms with Crippen molar-refractivity contribution in [3.05, 3.63) is 36.5 Å². The van der Waals surface area contributed by atoms with E-state index >= 15 is 0 Å². The van der Waals surface area contributed by atoms with Crippen LogP contribution in [0.1, 0.15) is 0 Å². The molecule has 1 saturated heterocycles. The van der Waals surface area contributed by atoms with E-state index in [-0.39, 0.29) is 35.3 Å². The fourth-order valence-corrected chi connectivity index (χ4v) is 2.44. The third-order valence-corrected chi connectivity index (χ3v) is 3.64. The fraction of sp³-hybridized carbons (Fsp3) is 0.333. The molecular formula is C15H14NNaO7. The minimum absolute atomic E-state index is 0. The molecule has 0 bridgehead atoms. The van der Waals surface area contributed by atoms with Gasteiger partial charge in [0.05, 0.1) is 5.97 Å². The van der Waals surface area contributed by atoms with Crippen LogP contribution in [0.3, 0.4) is 0 Å². The van der Waals surface area contributed by atoms with Crippen molar-refractivity contribution in [2.45, 2.75) is 30.7 Å². The standard InChI is InChI=1S/C15H15NO7.Na/c17-10-11(18)13(14(20)21)23-15(12(10)19)22-8-5-1-3-7-4-2-6-16-9(7)8;/h1-6,10-13,15,17-19H,(H,20,21);/q;+1/p-1. The number of ether oxygens (including phenoxy) is 2. The molecule has 0 spiro atoms. The molecule has 2 heterocycles. The molecule has 0 aliphatic carbocycles. The van der Waals surface area contributed by atoms with E-state index in [2.05, 4.69) is 4.98 Å². The molecular weight excluding hydrogens is 329 g/mol. The molecule has 1 aromatic carbocycles. The van der Waals surface area contributed by atoms with Gasteiger partial charge < -0.3 is 34.7 Å². The van der Waals surface area contributed by atoms with E-state index in [0.29, 0.717) is 5.52 Å². The number of hydrogen-bond acceptors (Lipinski definition) is 8. The first-order chi connectivity index (χ1) is 11.0. The topological polar surface area (TPSA) is 132 Å². The Morgan fingerprint density at radius 1 is 1.12 bits per heavy atom. The second-order valence-electron chi connectivity index (χ2n) is 5.17. The molecule has 3 N–H and O–H groups in total. The van der Waals surface area contributed by atoms with Gasteiger partial charge in [-0.1, -0.05) is 18.2 Å². The largest absolute Gasteiger partial charge is 1.00 e. The van der Waals surface area contributed by atoms with Gasteiger partial charge in [-0.25, -0.2) is 0 Å². The van der Waals surface area contributed by atoms with Gasteiger partial charge in [0.2, 0.25) is 6.29 Å². The van der Waals surface area contributed by atoms with Gasteiger partial charge in [0, 0.05) is 11.6 Å². The molecule has 3 rings (SSSR count). The summed E-state index contributed by atoms with van der Waals surface area (Å²) in [5.74, 6) is -1.47. The number of carbonyl (C=O) groups is 1. The summed E-state index contributed by atoms with van der Waals surface area (Å²) in [4.78, 5) is 15.1. The third-order valence-electron chi connectivity index (χ3n) is 3.64. The van der Waals surface area contributed by atoms with E-state index in [9.17, 15) is 25.2 Å². The maximum atomic E-state index is 11.0. The summed E-state index contributed by atoms with van der Waals surface area (Å²) in [5, 5.41) is 41.1. The number of carboxylic acids is 1. The first-order valence-corrected chi connectivity index (χ1v) is 6.90. The molecule has 2 aromatic rings. The summed E-state index contributed by atoms with van der Waals surface area (Å²) in [6.45, 7) is 0. The van der Waals surface area contributed by atoms with Crippen LogP contribution in [0.5, 0.6) is 5.75 Å². The van der Waals surface area contributed by atoms with E-state index < -0.39 is 36.7 Å². The number of fused-ring (bicyclic) bond motifs is 1. The molecule has 0 saturated carbocycles. The van der Waals surface area contributed by atoms with Crippen molar-refractivity contribution < 1.29 is 64.3 Å². The number of aliphatic carboxylic acids is 1. The molecule has 0 amide bonds. The normalized spacial score (nSPS) is 29.7. The fourth-order valence-electron chi connectivity index (χ4n) is 2.44. The maximum absolute atomic E-state index is 11.0.